The number of carboxylic acid groups (broad SMARTS) is 1. The summed E-state index contributed by atoms with van der Waals surface area (Å²) < 4.78 is 4.72. The van der Waals surface area contributed by atoms with Crippen LogP contribution < -0.4 is 11.2 Å². The molecule has 0 aromatic heterocycles. The van der Waals surface area contributed by atoms with Crippen molar-refractivity contribution in [1.29, 1.82) is 0 Å². The highest BCUT2D eigenvalue weighted by Crippen LogP contribution is 2.40. The van der Waals surface area contributed by atoms with Crippen molar-refractivity contribution in [3.63, 3.8) is 0 Å². The minimum atomic E-state index is -1.19. The lowest BCUT2D eigenvalue weighted by molar-refractivity contribution is -0.864. The summed E-state index contributed by atoms with van der Waals surface area (Å²) in [4.78, 5) is 41.6. The molecule has 0 amide bonds. The Kier molecular flexibility index (Phi) is 13.9. The van der Waals surface area contributed by atoms with E-state index in [1.54, 1.807) is 0 Å². The van der Waals surface area contributed by atoms with E-state index in [4.69, 9.17) is 15.3 Å². The van der Waals surface area contributed by atoms with Crippen LogP contribution in [0.5, 0.6) is 0 Å². The molecule has 1 fully saturated rings. The van der Waals surface area contributed by atoms with Crippen molar-refractivity contribution >= 4 is 17.9 Å². The zero-order chi connectivity index (χ0) is 31.3. The van der Waals surface area contributed by atoms with Crippen LogP contribution in [0.1, 0.15) is 79.6 Å². The molecule has 9 nitrogen and oxygen atoms in total. The van der Waals surface area contributed by atoms with Crippen molar-refractivity contribution in [1.82, 2.24) is 5.48 Å². The fourth-order valence-electron chi connectivity index (χ4n) is 5.50. The smallest absolute Gasteiger partial charge is 0.378 e. The summed E-state index contributed by atoms with van der Waals surface area (Å²) in [5.74, 6) is -2.57. The number of carbonyl (C=O) groups is 3. The summed E-state index contributed by atoms with van der Waals surface area (Å²) in [6.45, 7) is 9.36. The largest absolute Gasteiger partial charge is 0.477 e. The number of rotatable bonds is 14. The molecule has 0 bridgehead atoms. The van der Waals surface area contributed by atoms with E-state index in [0.29, 0.717) is 0 Å². The standard InChI is InChI=1S/C33H51N3O6/c1-24(13-10-16-27-26(3)15-11-19-33(27,4)5)12-9-14-25(2)23-41-31(39)21-36(6,20-30(37)38)22-32(40)42-35-29-18-8-7-17-28(29)34/h9-10,12-14,16,28-29,35H,6-8,11,15,17-23,34H2,1-5H3,(H,37,38)/b12-9+,16-10+,24-13+,25-14+/t28-,29-,36?/m1/s1. The number of carboxylic acids is 1. The van der Waals surface area contributed by atoms with Gasteiger partial charge in [-0.1, -0.05) is 74.3 Å². The van der Waals surface area contributed by atoms with Crippen LogP contribution in [-0.2, 0) is 24.0 Å². The maximum atomic E-state index is 12.6. The lowest BCUT2D eigenvalue weighted by atomic mass is 9.72. The van der Waals surface area contributed by atoms with Crippen molar-refractivity contribution in [2.45, 2.75) is 91.6 Å². The number of hydroxylamine groups is 1. The molecular weight excluding hydrogens is 534 g/mol. The van der Waals surface area contributed by atoms with Crippen molar-refractivity contribution in [3.8, 4) is 0 Å². The summed E-state index contributed by atoms with van der Waals surface area (Å²) in [5, 5.41) is 9.34. The molecule has 0 aromatic rings. The van der Waals surface area contributed by atoms with Gasteiger partial charge in [-0.05, 0) is 69.4 Å². The minimum Gasteiger partial charge on any atom is -0.477 e. The molecular formula is C33H51N3O6. The third-order valence-electron chi connectivity index (χ3n) is 7.91. The summed E-state index contributed by atoms with van der Waals surface area (Å²) in [5.41, 5.74) is 13.7. The number of nitrogens with two attached hydrogens (primary N) is 1. The summed E-state index contributed by atoms with van der Waals surface area (Å²) in [6.07, 6.45) is 19.4. The molecule has 0 aliphatic heterocycles. The molecule has 0 radical (unpaired) electrons. The molecule has 42 heavy (non-hydrogen) atoms. The highest BCUT2D eigenvalue weighted by molar-refractivity contribution is 5.75. The van der Waals surface area contributed by atoms with E-state index in [1.165, 1.54) is 24.0 Å². The van der Waals surface area contributed by atoms with Crippen molar-refractivity contribution in [3.05, 3.63) is 65.8 Å². The van der Waals surface area contributed by atoms with Crippen LogP contribution in [0.25, 0.3) is 0 Å². The predicted octanol–water partition coefficient (Wildman–Crippen LogP) is 5.07. The van der Waals surface area contributed by atoms with Gasteiger partial charge in [0.25, 0.3) is 0 Å². The van der Waals surface area contributed by atoms with E-state index in [1.807, 2.05) is 32.1 Å². The SMILES string of the molecule is [CH2-][N+](CC(=O)O)(CC(=O)OC/C(C)=C/C=C/C(C)=C/C=C/C1=C(C)CCCC1(C)C)CC(=O)ON[C@@H]1CCCC[C@H]1N. The second-order valence-corrected chi connectivity index (χ2v) is 12.6. The van der Waals surface area contributed by atoms with Crippen molar-refractivity contribution in [2.24, 2.45) is 11.1 Å². The van der Waals surface area contributed by atoms with Crippen LogP contribution >= 0.6 is 0 Å². The Bertz CT molecular complexity index is 1120. The van der Waals surface area contributed by atoms with Gasteiger partial charge >= 0.3 is 17.9 Å². The van der Waals surface area contributed by atoms with Gasteiger partial charge in [0.2, 0.25) is 0 Å². The fraction of sp³-hybridized carbons (Fsp3) is 0.576. The summed E-state index contributed by atoms with van der Waals surface area (Å²) in [6, 6.07) is -0.280. The molecule has 0 aromatic carbocycles. The number of nitrogens with zero attached hydrogens (tertiary/aromatic N) is 1. The molecule has 2 rings (SSSR count). The maximum absolute atomic E-state index is 12.6. The number of aliphatic carboxylic acids is 1. The summed E-state index contributed by atoms with van der Waals surface area (Å²) in [7, 11) is 3.82. The molecule has 2 aliphatic rings. The first-order chi connectivity index (χ1) is 19.7. The van der Waals surface area contributed by atoms with Gasteiger partial charge in [-0.3, -0.25) is 0 Å². The highest BCUT2D eigenvalue weighted by atomic mass is 16.7. The van der Waals surface area contributed by atoms with Crippen molar-refractivity contribution < 1.29 is 33.5 Å². The van der Waals surface area contributed by atoms with E-state index in [-0.39, 0.29) is 24.1 Å². The van der Waals surface area contributed by atoms with Crippen molar-refractivity contribution in [2.75, 3.05) is 26.2 Å². The fourth-order valence-corrected chi connectivity index (χ4v) is 5.50. The number of hydrogen-bond donors (Lipinski definition) is 3. The zero-order valence-electron chi connectivity index (χ0n) is 26.1. The summed E-state index contributed by atoms with van der Waals surface area (Å²) >= 11 is 0. The monoisotopic (exact) mass is 585 g/mol. The molecule has 1 saturated carbocycles. The topological polar surface area (TPSA) is 128 Å². The highest BCUT2D eigenvalue weighted by Gasteiger charge is 2.30. The Balaban J connectivity index is 1.86. The lowest BCUT2D eigenvalue weighted by Crippen LogP contribution is -2.54. The number of ether oxygens (including phenoxy) is 1. The molecule has 234 valence electrons. The molecule has 0 heterocycles. The average molecular weight is 586 g/mol. The van der Waals surface area contributed by atoms with Gasteiger partial charge in [0.15, 0.2) is 19.6 Å². The third-order valence-corrected chi connectivity index (χ3v) is 7.91. The number of carbonyl (C=O) groups excluding carboxylic acids is 2. The van der Waals surface area contributed by atoms with Gasteiger partial charge in [0.05, 0.1) is 6.04 Å². The zero-order valence-corrected chi connectivity index (χ0v) is 26.1. The van der Waals surface area contributed by atoms with Gasteiger partial charge in [-0.2, -0.15) is 0 Å². The maximum Gasteiger partial charge on any atom is 0.378 e. The average Bonchev–Trinajstić information content (AvgIpc) is 2.87. The second kappa shape index (κ2) is 16.6. The van der Waals surface area contributed by atoms with E-state index in [9.17, 15) is 19.5 Å². The number of esters is 1. The Morgan fingerprint density at radius 3 is 2.43 bits per heavy atom. The Labute approximate surface area is 251 Å². The van der Waals surface area contributed by atoms with Crippen LogP contribution in [0.15, 0.2) is 58.7 Å². The molecule has 0 saturated heterocycles. The Morgan fingerprint density at radius 2 is 1.76 bits per heavy atom. The van der Waals surface area contributed by atoms with Gasteiger partial charge in [0, 0.05) is 6.04 Å². The van der Waals surface area contributed by atoms with Gasteiger partial charge in [-0.25, -0.2) is 14.4 Å². The van der Waals surface area contributed by atoms with E-state index >= 15 is 0 Å². The minimum absolute atomic E-state index is 0.0347. The molecule has 1 unspecified atom stereocenters. The molecule has 3 atom stereocenters. The Morgan fingerprint density at radius 1 is 1.07 bits per heavy atom. The first-order valence-corrected chi connectivity index (χ1v) is 14.9. The third kappa shape index (κ3) is 12.5. The first kappa shape index (κ1) is 35.2. The molecule has 9 heteroatoms. The molecule has 0 spiro atoms. The quantitative estimate of drug-likeness (QED) is 0.0848. The van der Waals surface area contributed by atoms with Gasteiger partial charge in [-0.15, -0.1) is 12.5 Å². The van der Waals surface area contributed by atoms with E-state index in [2.05, 4.69) is 51.5 Å². The number of quaternary nitrogens is 1. The van der Waals surface area contributed by atoms with Gasteiger partial charge < -0.3 is 24.9 Å². The van der Waals surface area contributed by atoms with E-state index < -0.39 is 42.0 Å². The van der Waals surface area contributed by atoms with E-state index in [0.717, 1.165) is 43.3 Å². The van der Waals surface area contributed by atoms with Gasteiger partial charge in [0.1, 0.15) is 6.61 Å². The second-order valence-electron chi connectivity index (χ2n) is 12.6. The number of allylic oxidation sites excluding steroid dienone is 9. The normalized spacial score (nSPS) is 23.2. The van der Waals surface area contributed by atoms with Crippen LogP contribution in [0.2, 0.25) is 0 Å². The lowest BCUT2D eigenvalue weighted by Gasteiger charge is -2.38. The molecule has 2 aliphatic carbocycles. The van der Waals surface area contributed by atoms with Crippen LogP contribution in [0, 0.1) is 12.5 Å². The Hall–Kier alpha value is -3.01. The van der Waals surface area contributed by atoms with Crippen LogP contribution in [-0.4, -0.2) is 65.8 Å². The first-order valence-electron chi connectivity index (χ1n) is 14.9. The predicted molar refractivity (Wildman–Crippen MR) is 164 cm³/mol. The number of hydrogen-bond acceptors (Lipinski definition) is 7. The number of nitrogens with one attached hydrogen (secondary N) is 1. The van der Waals surface area contributed by atoms with Crippen LogP contribution in [0.3, 0.4) is 0 Å². The van der Waals surface area contributed by atoms with Crippen LogP contribution in [0.4, 0.5) is 0 Å². The molecule has 4 N–H and O–H groups in total.